The molecular weight excluding hydrogens is 168 g/mol. The van der Waals surface area contributed by atoms with Crippen molar-refractivity contribution in [2.24, 2.45) is 11.8 Å². The van der Waals surface area contributed by atoms with Crippen LogP contribution in [0.3, 0.4) is 0 Å². The van der Waals surface area contributed by atoms with Gasteiger partial charge in [-0.15, -0.1) is 0 Å². The van der Waals surface area contributed by atoms with E-state index in [1.54, 1.807) is 0 Å². The summed E-state index contributed by atoms with van der Waals surface area (Å²) in [6.07, 6.45) is 3.90. The highest BCUT2D eigenvalue weighted by molar-refractivity contribution is 5.15. The van der Waals surface area contributed by atoms with E-state index in [1.807, 2.05) is 0 Å². The Kier molecular flexibility index (Phi) is 4.72. The summed E-state index contributed by atoms with van der Waals surface area (Å²) in [6, 6.07) is 10.8. The van der Waals surface area contributed by atoms with E-state index >= 15 is 0 Å². The zero-order valence-electron chi connectivity index (χ0n) is 9.66. The van der Waals surface area contributed by atoms with Crippen molar-refractivity contribution in [1.29, 1.82) is 0 Å². The van der Waals surface area contributed by atoms with Crippen LogP contribution >= 0.6 is 0 Å². The molecule has 0 spiro atoms. The Morgan fingerprint density at radius 3 is 2.21 bits per heavy atom. The van der Waals surface area contributed by atoms with Crippen LogP contribution in [0.25, 0.3) is 0 Å². The standard InChI is InChI=1S/C14H22/c1-4-13(10-12(2)3)11-14-8-6-5-7-9-14/h5-9,12-13H,4,10-11H2,1-3H3/t13-/m1/s1. The third-order valence-electron chi connectivity index (χ3n) is 2.75. The first-order valence-electron chi connectivity index (χ1n) is 5.76. The third-order valence-corrected chi connectivity index (χ3v) is 2.75. The lowest BCUT2D eigenvalue weighted by molar-refractivity contribution is 0.396. The molecule has 0 aliphatic rings. The Labute approximate surface area is 88.4 Å². The van der Waals surface area contributed by atoms with Gasteiger partial charge in [0.2, 0.25) is 0 Å². The first kappa shape index (κ1) is 11.3. The number of benzene rings is 1. The summed E-state index contributed by atoms with van der Waals surface area (Å²) < 4.78 is 0. The van der Waals surface area contributed by atoms with Crippen molar-refractivity contribution in [3.8, 4) is 0 Å². The van der Waals surface area contributed by atoms with Crippen molar-refractivity contribution in [2.75, 3.05) is 0 Å². The quantitative estimate of drug-likeness (QED) is 0.649. The minimum atomic E-state index is 0.823. The summed E-state index contributed by atoms with van der Waals surface area (Å²) in [5.74, 6) is 1.68. The Morgan fingerprint density at radius 1 is 1.07 bits per heavy atom. The van der Waals surface area contributed by atoms with Gasteiger partial charge in [0.05, 0.1) is 0 Å². The molecule has 0 aromatic heterocycles. The maximum atomic E-state index is 2.31. The van der Waals surface area contributed by atoms with Crippen LogP contribution in [0.4, 0.5) is 0 Å². The van der Waals surface area contributed by atoms with Gasteiger partial charge in [-0.25, -0.2) is 0 Å². The number of hydrogen-bond donors (Lipinski definition) is 0. The van der Waals surface area contributed by atoms with E-state index in [1.165, 1.54) is 24.8 Å². The lowest BCUT2D eigenvalue weighted by atomic mass is 9.89. The molecule has 0 unspecified atom stereocenters. The third kappa shape index (κ3) is 3.95. The van der Waals surface area contributed by atoms with Crippen LogP contribution in [0, 0.1) is 11.8 Å². The van der Waals surface area contributed by atoms with Crippen molar-refractivity contribution in [3.63, 3.8) is 0 Å². The second kappa shape index (κ2) is 5.85. The highest BCUT2D eigenvalue weighted by atomic mass is 14.1. The van der Waals surface area contributed by atoms with Crippen LogP contribution in [-0.4, -0.2) is 0 Å². The average molecular weight is 190 g/mol. The lowest BCUT2D eigenvalue weighted by Crippen LogP contribution is -2.06. The molecule has 0 heteroatoms. The Balaban J connectivity index is 2.48. The molecule has 0 bridgehead atoms. The lowest BCUT2D eigenvalue weighted by Gasteiger charge is -2.16. The van der Waals surface area contributed by atoms with Crippen molar-refractivity contribution in [3.05, 3.63) is 35.9 Å². The molecule has 1 aromatic rings. The van der Waals surface area contributed by atoms with Crippen LogP contribution < -0.4 is 0 Å². The van der Waals surface area contributed by atoms with Gasteiger partial charge < -0.3 is 0 Å². The van der Waals surface area contributed by atoms with Crippen LogP contribution in [0.1, 0.15) is 39.2 Å². The molecule has 0 N–H and O–H groups in total. The monoisotopic (exact) mass is 190 g/mol. The van der Waals surface area contributed by atoms with Gasteiger partial charge in [0.15, 0.2) is 0 Å². The Bertz CT molecular complexity index is 235. The van der Waals surface area contributed by atoms with E-state index < -0.39 is 0 Å². The fourth-order valence-electron chi connectivity index (χ4n) is 2.01. The minimum Gasteiger partial charge on any atom is -0.0651 e. The van der Waals surface area contributed by atoms with Crippen molar-refractivity contribution < 1.29 is 0 Å². The van der Waals surface area contributed by atoms with Crippen molar-refractivity contribution >= 4 is 0 Å². The highest BCUT2D eigenvalue weighted by Crippen LogP contribution is 2.19. The van der Waals surface area contributed by atoms with Crippen molar-refractivity contribution in [2.45, 2.75) is 40.0 Å². The number of hydrogen-bond acceptors (Lipinski definition) is 0. The molecule has 78 valence electrons. The second-order valence-electron chi connectivity index (χ2n) is 4.59. The summed E-state index contributed by atoms with van der Waals surface area (Å²) in [6.45, 7) is 6.93. The smallest absolute Gasteiger partial charge is 0.0250 e. The van der Waals surface area contributed by atoms with Gasteiger partial charge in [-0.05, 0) is 30.2 Å². The van der Waals surface area contributed by atoms with Crippen LogP contribution in [0.5, 0.6) is 0 Å². The molecule has 0 radical (unpaired) electrons. The summed E-state index contributed by atoms with van der Waals surface area (Å²) in [4.78, 5) is 0. The molecule has 0 saturated carbocycles. The minimum absolute atomic E-state index is 0.823. The fraction of sp³-hybridized carbons (Fsp3) is 0.571. The molecule has 0 fully saturated rings. The largest absolute Gasteiger partial charge is 0.0651 e. The molecule has 0 nitrogen and oxygen atoms in total. The predicted octanol–water partition coefficient (Wildman–Crippen LogP) is 4.30. The van der Waals surface area contributed by atoms with E-state index in [-0.39, 0.29) is 0 Å². The topological polar surface area (TPSA) is 0 Å². The van der Waals surface area contributed by atoms with E-state index in [9.17, 15) is 0 Å². The van der Waals surface area contributed by atoms with E-state index in [0.717, 1.165) is 11.8 Å². The van der Waals surface area contributed by atoms with Crippen LogP contribution in [-0.2, 0) is 6.42 Å². The summed E-state index contributed by atoms with van der Waals surface area (Å²) in [5, 5.41) is 0. The maximum absolute atomic E-state index is 2.31. The van der Waals surface area contributed by atoms with Gasteiger partial charge in [-0.3, -0.25) is 0 Å². The first-order valence-corrected chi connectivity index (χ1v) is 5.76. The SMILES string of the molecule is CC[C@@H](Cc1ccccc1)CC(C)C. The Hall–Kier alpha value is -0.780. The summed E-state index contributed by atoms with van der Waals surface area (Å²) in [7, 11) is 0. The molecule has 0 aliphatic heterocycles. The maximum Gasteiger partial charge on any atom is -0.0250 e. The van der Waals surface area contributed by atoms with E-state index in [2.05, 4.69) is 51.1 Å². The van der Waals surface area contributed by atoms with E-state index in [4.69, 9.17) is 0 Å². The van der Waals surface area contributed by atoms with E-state index in [0.29, 0.717) is 0 Å². The summed E-state index contributed by atoms with van der Waals surface area (Å²) >= 11 is 0. The Morgan fingerprint density at radius 2 is 1.71 bits per heavy atom. The van der Waals surface area contributed by atoms with Gasteiger partial charge in [0.25, 0.3) is 0 Å². The first-order chi connectivity index (χ1) is 6.72. The molecular formula is C14H22. The zero-order valence-corrected chi connectivity index (χ0v) is 9.66. The molecule has 1 rings (SSSR count). The fourth-order valence-corrected chi connectivity index (χ4v) is 2.01. The molecule has 0 amide bonds. The van der Waals surface area contributed by atoms with Gasteiger partial charge in [-0.1, -0.05) is 57.5 Å². The van der Waals surface area contributed by atoms with Gasteiger partial charge in [0.1, 0.15) is 0 Å². The second-order valence-corrected chi connectivity index (χ2v) is 4.59. The van der Waals surface area contributed by atoms with Crippen LogP contribution in [0.15, 0.2) is 30.3 Å². The molecule has 1 atom stereocenters. The predicted molar refractivity (Wildman–Crippen MR) is 63.4 cm³/mol. The normalized spacial score (nSPS) is 13.1. The van der Waals surface area contributed by atoms with Gasteiger partial charge in [0, 0.05) is 0 Å². The molecule has 14 heavy (non-hydrogen) atoms. The zero-order chi connectivity index (χ0) is 10.4. The van der Waals surface area contributed by atoms with Crippen LogP contribution in [0.2, 0.25) is 0 Å². The van der Waals surface area contributed by atoms with Gasteiger partial charge >= 0.3 is 0 Å². The molecule has 0 heterocycles. The summed E-state index contributed by atoms with van der Waals surface area (Å²) in [5.41, 5.74) is 1.49. The molecule has 0 saturated heterocycles. The number of rotatable bonds is 5. The highest BCUT2D eigenvalue weighted by Gasteiger charge is 2.09. The molecule has 1 aromatic carbocycles. The average Bonchev–Trinajstić information content (AvgIpc) is 2.17. The molecule has 0 aliphatic carbocycles. The van der Waals surface area contributed by atoms with Gasteiger partial charge in [-0.2, -0.15) is 0 Å². The van der Waals surface area contributed by atoms with Crippen molar-refractivity contribution in [1.82, 2.24) is 0 Å².